The van der Waals surface area contributed by atoms with Crippen molar-refractivity contribution in [3.8, 4) is 0 Å². The van der Waals surface area contributed by atoms with Gasteiger partial charge in [-0.25, -0.2) is 0 Å². The number of hydrogen-bond acceptors (Lipinski definition) is 3. The van der Waals surface area contributed by atoms with Crippen molar-refractivity contribution >= 4 is 0 Å². The van der Waals surface area contributed by atoms with E-state index in [1.165, 1.54) is 0 Å². The van der Waals surface area contributed by atoms with Gasteiger partial charge in [-0.15, -0.1) is 0 Å². The van der Waals surface area contributed by atoms with Gasteiger partial charge in [0, 0.05) is 13.7 Å². The molecule has 2 N–H and O–H groups in total. The Morgan fingerprint density at radius 2 is 2.08 bits per heavy atom. The second kappa shape index (κ2) is 5.51. The quantitative estimate of drug-likeness (QED) is 0.586. The van der Waals surface area contributed by atoms with Gasteiger partial charge in [0.2, 0.25) is 0 Å². The van der Waals surface area contributed by atoms with Gasteiger partial charge in [0.15, 0.2) is 0 Å². The van der Waals surface area contributed by atoms with Gasteiger partial charge in [-0.1, -0.05) is 0 Å². The fraction of sp³-hybridized carbons (Fsp3) is 1.00. The number of aliphatic hydroxyl groups excluding tert-OH is 1. The van der Waals surface area contributed by atoms with Gasteiger partial charge in [0.1, 0.15) is 0 Å². The largest absolute Gasteiger partial charge is 0.392 e. The molecule has 1 atom stereocenters. The lowest BCUT2D eigenvalue weighted by molar-refractivity contribution is 0.0153. The van der Waals surface area contributed by atoms with Crippen LogP contribution < -0.4 is 5.32 Å². The molecule has 0 aromatic carbocycles. The summed E-state index contributed by atoms with van der Waals surface area (Å²) in [6, 6.07) is 0. The average Bonchev–Trinajstić information content (AvgIpc) is 1.98. The summed E-state index contributed by atoms with van der Waals surface area (Å²) in [6.45, 7) is 7.41. The van der Waals surface area contributed by atoms with E-state index in [2.05, 4.69) is 19.2 Å². The summed E-state index contributed by atoms with van der Waals surface area (Å²) in [7, 11) is 1.72. The Morgan fingerprint density at radius 1 is 1.50 bits per heavy atom. The SMILES string of the molecule is COC(C)(C)CCNCC(C)O. The smallest absolute Gasteiger partial charge is 0.0636 e. The monoisotopic (exact) mass is 175 g/mol. The molecule has 0 aliphatic carbocycles. The van der Waals surface area contributed by atoms with Crippen molar-refractivity contribution in [3.05, 3.63) is 0 Å². The van der Waals surface area contributed by atoms with Gasteiger partial charge in [-0.05, 0) is 33.7 Å². The summed E-state index contributed by atoms with van der Waals surface area (Å²) >= 11 is 0. The molecule has 0 aromatic rings. The highest BCUT2D eigenvalue weighted by Gasteiger charge is 2.14. The van der Waals surface area contributed by atoms with Crippen molar-refractivity contribution in [3.63, 3.8) is 0 Å². The van der Waals surface area contributed by atoms with Crippen molar-refractivity contribution in [2.45, 2.75) is 38.9 Å². The fourth-order valence-electron chi connectivity index (χ4n) is 0.802. The zero-order valence-corrected chi connectivity index (χ0v) is 8.55. The van der Waals surface area contributed by atoms with Crippen molar-refractivity contribution < 1.29 is 9.84 Å². The Bertz CT molecular complexity index is 113. The first-order valence-electron chi connectivity index (χ1n) is 4.42. The van der Waals surface area contributed by atoms with Crippen molar-refractivity contribution in [2.75, 3.05) is 20.2 Å². The summed E-state index contributed by atoms with van der Waals surface area (Å²) in [5.41, 5.74) is -0.0638. The first-order valence-corrected chi connectivity index (χ1v) is 4.42. The van der Waals surface area contributed by atoms with Gasteiger partial charge in [0.05, 0.1) is 11.7 Å². The second-order valence-corrected chi connectivity index (χ2v) is 3.77. The zero-order chi connectivity index (χ0) is 9.61. The minimum Gasteiger partial charge on any atom is -0.392 e. The molecule has 0 saturated carbocycles. The maximum Gasteiger partial charge on any atom is 0.0636 e. The summed E-state index contributed by atoms with van der Waals surface area (Å²) in [4.78, 5) is 0. The summed E-state index contributed by atoms with van der Waals surface area (Å²) in [5, 5.41) is 12.1. The molecule has 0 fully saturated rings. The van der Waals surface area contributed by atoms with E-state index >= 15 is 0 Å². The fourth-order valence-corrected chi connectivity index (χ4v) is 0.802. The molecule has 0 aromatic heterocycles. The second-order valence-electron chi connectivity index (χ2n) is 3.77. The number of hydrogen-bond donors (Lipinski definition) is 2. The summed E-state index contributed by atoms with van der Waals surface area (Å²) in [5.74, 6) is 0. The number of aliphatic hydroxyl groups is 1. The van der Waals surface area contributed by atoms with Crippen LogP contribution in [0, 0.1) is 0 Å². The van der Waals surface area contributed by atoms with Crippen LogP contribution in [0.25, 0.3) is 0 Å². The van der Waals surface area contributed by atoms with Gasteiger partial charge in [0.25, 0.3) is 0 Å². The molecular formula is C9H21NO2. The van der Waals surface area contributed by atoms with Crippen LogP contribution in [0.5, 0.6) is 0 Å². The van der Waals surface area contributed by atoms with Crippen LogP contribution in [0.3, 0.4) is 0 Å². The lowest BCUT2D eigenvalue weighted by atomic mass is 10.1. The minimum atomic E-state index is -0.268. The van der Waals surface area contributed by atoms with Gasteiger partial charge in [-0.3, -0.25) is 0 Å². The highest BCUT2D eigenvalue weighted by atomic mass is 16.5. The standard InChI is InChI=1S/C9H21NO2/c1-8(11)7-10-6-5-9(2,3)12-4/h8,10-11H,5-7H2,1-4H3. The predicted molar refractivity (Wildman–Crippen MR) is 50.3 cm³/mol. The third kappa shape index (κ3) is 6.58. The van der Waals surface area contributed by atoms with Gasteiger partial charge in [-0.2, -0.15) is 0 Å². The number of nitrogens with one attached hydrogen (secondary N) is 1. The lowest BCUT2D eigenvalue weighted by Crippen LogP contribution is -2.32. The van der Waals surface area contributed by atoms with Crippen LogP contribution in [0.2, 0.25) is 0 Å². The first-order chi connectivity index (χ1) is 5.48. The Balaban J connectivity index is 3.31. The molecule has 0 saturated heterocycles. The minimum absolute atomic E-state index is 0.0638. The van der Waals surface area contributed by atoms with Crippen LogP contribution in [0.15, 0.2) is 0 Å². The van der Waals surface area contributed by atoms with E-state index in [1.807, 2.05) is 0 Å². The predicted octanol–water partition coefficient (Wildman–Crippen LogP) is 0.772. The topological polar surface area (TPSA) is 41.5 Å². The number of rotatable bonds is 6. The maximum atomic E-state index is 8.95. The molecule has 1 unspecified atom stereocenters. The van der Waals surface area contributed by atoms with Crippen LogP contribution in [-0.2, 0) is 4.74 Å². The molecule has 0 heterocycles. The van der Waals surface area contributed by atoms with E-state index in [9.17, 15) is 0 Å². The van der Waals surface area contributed by atoms with Crippen LogP contribution >= 0.6 is 0 Å². The Kier molecular flexibility index (Phi) is 5.46. The Labute approximate surface area is 75.1 Å². The zero-order valence-electron chi connectivity index (χ0n) is 8.55. The lowest BCUT2D eigenvalue weighted by Gasteiger charge is -2.22. The number of ether oxygens (including phenoxy) is 1. The van der Waals surface area contributed by atoms with E-state index in [4.69, 9.17) is 9.84 Å². The molecule has 0 bridgehead atoms. The molecule has 74 valence electrons. The van der Waals surface area contributed by atoms with E-state index in [0.29, 0.717) is 6.54 Å². The van der Waals surface area contributed by atoms with Crippen LogP contribution in [0.4, 0.5) is 0 Å². The molecule has 0 aliphatic heterocycles. The maximum absolute atomic E-state index is 8.95. The van der Waals surface area contributed by atoms with Crippen molar-refractivity contribution in [2.24, 2.45) is 0 Å². The van der Waals surface area contributed by atoms with Gasteiger partial charge < -0.3 is 15.2 Å². The molecule has 0 amide bonds. The van der Waals surface area contributed by atoms with E-state index in [1.54, 1.807) is 14.0 Å². The Hall–Kier alpha value is -0.120. The Morgan fingerprint density at radius 3 is 2.50 bits per heavy atom. The van der Waals surface area contributed by atoms with Gasteiger partial charge >= 0.3 is 0 Å². The molecule has 12 heavy (non-hydrogen) atoms. The normalized spacial score (nSPS) is 14.8. The highest BCUT2D eigenvalue weighted by molar-refractivity contribution is 4.69. The summed E-state index contributed by atoms with van der Waals surface area (Å²) < 4.78 is 5.24. The van der Waals surface area contributed by atoms with Crippen LogP contribution in [-0.4, -0.2) is 37.0 Å². The first kappa shape index (κ1) is 11.9. The van der Waals surface area contributed by atoms with E-state index in [0.717, 1.165) is 13.0 Å². The molecule has 0 spiro atoms. The summed E-state index contributed by atoms with van der Waals surface area (Å²) in [6.07, 6.45) is 0.687. The molecule has 3 nitrogen and oxygen atoms in total. The van der Waals surface area contributed by atoms with Crippen molar-refractivity contribution in [1.29, 1.82) is 0 Å². The molecule has 0 aliphatic rings. The molecular weight excluding hydrogens is 154 g/mol. The van der Waals surface area contributed by atoms with Crippen LogP contribution in [0.1, 0.15) is 27.2 Å². The third-order valence-electron chi connectivity index (χ3n) is 1.90. The van der Waals surface area contributed by atoms with E-state index in [-0.39, 0.29) is 11.7 Å². The highest BCUT2D eigenvalue weighted by Crippen LogP contribution is 2.10. The number of methoxy groups -OCH3 is 1. The van der Waals surface area contributed by atoms with Crippen molar-refractivity contribution in [1.82, 2.24) is 5.32 Å². The molecule has 0 rings (SSSR count). The third-order valence-corrected chi connectivity index (χ3v) is 1.90. The molecule has 0 radical (unpaired) electrons. The molecule has 3 heteroatoms. The van der Waals surface area contributed by atoms with E-state index < -0.39 is 0 Å². The average molecular weight is 175 g/mol.